The van der Waals surface area contributed by atoms with Gasteiger partial charge in [0.1, 0.15) is 5.70 Å². The molecular formula is C16H13N3O5S2. The zero-order chi connectivity index (χ0) is 18.3. The molecule has 26 heavy (non-hydrogen) atoms. The van der Waals surface area contributed by atoms with Gasteiger partial charge in [-0.15, -0.1) is 15.7 Å². The van der Waals surface area contributed by atoms with Crippen LogP contribution in [0.5, 0.6) is 11.5 Å². The molecule has 1 aromatic heterocycles. The number of carbonyl (C=O) groups is 1. The Morgan fingerprint density at radius 1 is 1.27 bits per heavy atom. The van der Waals surface area contributed by atoms with Gasteiger partial charge >= 0.3 is 10.2 Å². The van der Waals surface area contributed by atoms with E-state index in [4.69, 9.17) is 9.47 Å². The molecule has 1 aromatic carbocycles. The molecule has 4 rings (SSSR count). The average Bonchev–Trinajstić information content (AvgIpc) is 3.27. The van der Waals surface area contributed by atoms with Gasteiger partial charge in [-0.3, -0.25) is 4.79 Å². The van der Waals surface area contributed by atoms with Gasteiger partial charge in [0, 0.05) is 18.8 Å². The smallest absolute Gasteiger partial charge is 0.345 e. The number of amides is 1. The van der Waals surface area contributed by atoms with E-state index < -0.39 is 16.1 Å². The van der Waals surface area contributed by atoms with Gasteiger partial charge < -0.3 is 14.8 Å². The number of nitrogens with one attached hydrogen (secondary N) is 1. The van der Waals surface area contributed by atoms with Crippen molar-refractivity contribution in [2.24, 2.45) is 4.40 Å². The molecular weight excluding hydrogens is 378 g/mol. The second-order valence-corrected chi connectivity index (χ2v) is 8.02. The first-order valence-electron chi connectivity index (χ1n) is 7.49. The Balaban J connectivity index is 1.64. The molecule has 2 aromatic rings. The Hall–Kier alpha value is -2.85. The van der Waals surface area contributed by atoms with Crippen molar-refractivity contribution in [2.45, 2.75) is 0 Å². The average molecular weight is 391 g/mol. The summed E-state index contributed by atoms with van der Waals surface area (Å²) in [6, 6.07) is 8.47. The number of benzene rings is 1. The maximum Gasteiger partial charge on any atom is 0.345 e. The van der Waals surface area contributed by atoms with Crippen molar-refractivity contribution >= 4 is 38.9 Å². The fourth-order valence-corrected chi connectivity index (χ4v) is 4.13. The third-order valence-electron chi connectivity index (χ3n) is 3.81. The van der Waals surface area contributed by atoms with E-state index in [1.807, 2.05) is 5.38 Å². The Kier molecular flexibility index (Phi) is 3.93. The Bertz CT molecular complexity index is 1040. The lowest BCUT2D eigenvalue weighted by Gasteiger charge is -2.23. The van der Waals surface area contributed by atoms with Crippen molar-refractivity contribution in [3.05, 3.63) is 52.4 Å². The van der Waals surface area contributed by atoms with Crippen LogP contribution in [0.3, 0.4) is 0 Å². The van der Waals surface area contributed by atoms with Gasteiger partial charge in [0.2, 0.25) is 6.79 Å². The summed E-state index contributed by atoms with van der Waals surface area (Å²) in [4.78, 5) is 13.3. The number of nitrogens with zero attached hydrogens (tertiary/aromatic N) is 2. The summed E-state index contributed by atoms with van der Waals surface area (Å²) in [7, 11) is -2.69. The molecule has 0 saturated carbocycles. The fourth-order valence-electron chi connectivity index (χ4n) is 2.47. The largest absolute Gasteiger partial charge is 0.454 e. The van der Waals surface area contributed by atoms with E-state index in [2.05, 4.69) is 9.71 Å². The molecule has 1 N–H and O–H groups in total. The van der Waals surface area contributed by atoms with Crippen LogP contribution in [0.4, 0.5) is 5.69 Å². The summed E-state index contributed by atoms with van der Waals surface area (Å²) >= 11 is 1.34. The van der Waals surface area contributed by atoms with Crippen molar-refractivity contribution in [3.8, 4) is 11.5 Å². The number of hydrogen-bond donors (Lipinski definition) is 1. The van der Waals surface area contributed by atoms with Crippen molar-refractivity contribution < 1.29 is 22.7 Å². The van der Waals surface area contributed by atoms with Gasteiger partial charge in [0.15, 0.2) is 11.5 Å². The quantitative estimate of drug-likeness (QED) is 0.863. The number of fused-ring (bicyclic) bond motifs is 1. The molecule has 10 heteroatoms. The highest BCUT2D eigenvalue weighted by molar-refractivity contribution is 7.88. The number of carbonyl (C=O) groups excluding carboxylic acids is 1. The Morgan fingerprint density at radius 2 is 2.08 bits per heavy atom. The maximum atomic E-state index is 12.7. The fraction of sp³-hybridized carbons (Fsp3) is 0.125. The lowest BCUT2D eigenvalue weighted by molar-refractivity contribution is -0.113. The zero-order valence-corrected chi connectivity index (χ0v) is 15.1. The summed E-state index contributed by atoms with van der Waals surface area (Å²) in [5.74, 6) is 0.535. The van der Waals surface area contributed by atoms with Gasteiger partial charge in [-0.05, 0) is 29.7 Å². The topological polar surface area (TPSA) is 97.3 Å². The molecule has 8 nitrogen and oxygen atoms in total. The van der Waals surface area contributed by atoms with Gasteiger partial charge in [-0.25, -0.2) is 4.31 Å². The molecule has 0 radical (unpaired) electrons. The predicted octanol–water partition coefficient (Wildman–Crippen LogP) is 1.98. The third kappa shape index (κ3) is 2.93. The highest BCUT2D eigenvalue weighted by Gasteiger charge is 2.30. The van der Waals surface area contributed by atoms with Crippen LogP contribution in [-0.2, 0) is 15.0 Å². The van der Waals surface area contributed by atoms with E-state index in [1.165, 1.54) is 24.5 Å². The molecule has 0 atom stereocenters. The van der Waals surface area contributed by atoms with Crippen LogP contribution in [0.15, 0.2) is 51.9 Å². The normalized spacial score (nSPS) is 17.5. The van der Waals surface area contributed by atoms with E-state index in [9.17, 15) is 13.2 Å². The second kappa shape index (κ2) is 6.15. The molecule has 0 saturated heterocycles. The van der Waals surface area contributed by atoms with Gasteiger partial charge in [-0.1, -0.05) is 6.07 Å². The molecule has 0 fully saturated rings. The van der Waals surface area contributed by atoms with Crippen LogP contribution in [-0.4, -0.2) is 38.2 Å². The summed E-state index contributed by atoms with van der Waals surface area (Å²) in [5, 5.41) is 4.48. The number of allylic oxidation sites excluding steroid dienone is 1. The molecule has 0 unspecified atom stereocenters. The van der Waals surface area contributed by atoms with Crippen molar-refractivity contribution in [1.29, 1.82) is 0 Å². The highest BCUT2D eigenvalue weighted by atomic mass is 32.2. The van der Waals surface area contributed by atoms with E-state index in [0.717, 1.165) is 4.31 Å². The van der Waals surface area contributed by atoms with Crippen LogP contribution in [0.1, 0.15) is 4.88 Å². The number of thiophene rings is 1. The monoisotopic (exact) mass is 391 g/mol. The summed E-state index contributed by atoms with van der Waals surface area (Å²) in [6.07, 6.45) is 1.45. The predicted molar refractivity (Wildman–Crippen MR) is 96.8 cm³/mol. The van der Waals surface area contributed by atoms with E-state index in [0.29, 0.717) is 22.1 Å². The molecule has 0 spiro atoms. The van der Waals surface area contributed by atoms with Gasteiger partial charge in [-0.2, -0.15) is 8.42 Å². The van der Waals surface area contributed by atoms with Crippen LogP contribution < -0.4 is 14.8 Å². The number of rotatable bonds is 3. The number of likely N-dealkylation sites (N-methyl/N-ethyl adjacent to an activating group) is 1. The third-order valence-corrected chi connectivity index (χ3v) is 6.02. The lowest BCUT2D eigenvalue weighted by Crippen LogP contribution is -2.35. The first-order chi connectivity index (χ1) is 12.4. The summed E-state index contributed by atoms with van der Waals surface area (Å²) in [6.45, 7) is 0.125. The van der Waals surface area contributed by atoms with E-state index in [-0.39, 0.29) is 18.2 Å². The molecule has 0 bridgehead atoms. The minimum absolute atomic E-state index is 0.0268. The van der Waals surface area contributed by atoms with Crippen LogP contribution in [0.25, 0.3) is 0 Å². The van der Waals surface area contributed by atoms with Gasteiger partial charge in [0.05, 0.1) is 10.6 Å². The molecule has 1 amide bonds. The van der Waals surface area contributed by atoms with E-state index >= 15 is 0 Å². The zero-order valence-electron chi connectivity index (χ0n) is 13.5. The Labute approximate surface area is 153 Å². The van der Waals surface area contributed by atoms with Crippen molar-refractivity contribution in [1.82, 2.24) is 4.31 Å². The SMILES string of the molecule is CN1C(C(=O)Nc2ccc3c(c2)OCO3)=CC(c2cccs2)=NS1(=O)=O. The molecule has 134 valence electrons. The highest BCUT2D eigenvalue weighted by Crippen LogP contribution is 2.34. The molecule has 2 aliphatic rings. The maximum absolute atomic E-state index is 12.7. The first-order valence-corrected chi connectivity index (χ1v) is 9.77. The number of ether oxygens (including phenoxy) is 2. The minimum atomic E-state index is -3.98. The summed E-state index contributed by atoms with van der Waals surface area (Å²) in [5.41, 5.74) is 0.668. The summed E-state index contributed by atoms with van der Waals surface area (Å²) < 4.78 is 39.7. The van der Waals surface area contributed by atoms with Gasteiger partial charge in [0.25, 0.3) is 5.91 Å². The minimum Gasteiger partial charge on any atom is -0.454 e. The molecule has 0 aliphatic carbocycles. The number of anilines is 1. The first kappa shape index (κ1) is 16.6. The van der Waals surface area contributed by atoms with Crippen molar-refractivity contribution in [2.75, 3.05) is 19.2 Å². The van der Waals surface area contributed by atoms with Crippen LogP contribution in [0, 0.1) is 0 Å². The second-order valence-electron chi connectivity index (χ2n) is 5.45. The Morgan fingerprint density at radius 3 is 2.85 bits per heavy atom. The molecule has 3 heterocycles. The standard InChI is InChI=1S/C16H13N3O5S2/c1-19-12(8-11(18-26(19,21)22)15-3-2-6-25-15)16(20)17-10-4-5-13-14(7-10)24-9-23-13/h2-8H,9H2,1H3,(H,17,20). The lowest BCUT2D eigenvalue weighted by atomic mass is 10.2. The molecule has 2 aliphatic heterocycles. The van der Waals surface area contributed by atoms with Crippen LogP contribution >= 0.6 is 11.3 Å². The van der Waals surface area contributed by atoms with Crippen LogP contribution in [0.2, 0.25) is 0 Å². The van der Waals surface area contributed by atoms with Crippen molar-refractivity contribution in [3.63, 3.8) is 0 Å². The van der Waals surface area contributed by atoms with E-state index in [1.54, 1.807) is 30.3 Å². The number of hydrogen-bond acceptors (Lipinski definition) is 6.